The molecular formula is C54H34O. The highest BCUT2D eigenvalue weighted by atomic mass is 16.3. The van der Waals surface area contributed by atoms with E-state index in [1.807, 2.05) is 133 Å². The maximum Gasteiger partial charge on any atom is 0.143 e. The van der Waals surface area contributed by atoms with Crippen molar-refractivity contribution in [1.29, 1.82) is 0 Å². The first-order chi connectivity index (χ1) is 30.7. The molecule has 1 heteroatoms. The van der Waals surface area contributed by atoms with Crippen molar-refractivity contribution in [1.82, 2.24) is 0 Å². The quantitative estimate of drug-likeness (QED) is 0.128. The zero-order valence-corrected chi connectivity index (χ0v) is 29.4. The second-order valence-electron chi connectivity index (χ2n) is 13.7. The molecule has 11 aromatic rings. The highest BCUT2D eigenvalue weighted by Gasteiger charge is 2.25. The smallest absolute Gasteiger partial charge is 0.143 e. The summed E-state index contributed by atoms with van der Waals surface area (Å²) in [6.07, 6.45) is 0. The normalized spacial score (nSPS) is 13.7. The monoisotopic (exact) mass is 706 g/mol. The Bertz CT molecular complexity index is 3630. The minimum Gasteiger partial charge on any atom is -0.455 e. The van der Waals surface area contributed by atoms with Crippen LogP contribution in [0.1, 0.15) is 11.0 Å². The number of fused-ring (bicyclic) bond motifs is 6. The van der Waals surface area contributed by atoms with Gasteiger partial charge < -0.3 is 4.42 Å². The molecule has 0 saturated heterocycles. The van der Waals surface area contributed by atoms with Gasteiger partial charge in [0, 0.05) is 27.6 Å². The van der Waals surface area contributed by atoms with Gasteiger partial charge in [-0.1, -0.05) is 206 Å². The van der Waals surface area contributed by atoms with Gasteiger partial charge >= 0.3 is 0 Å². The number of benzene rings is 10. The van der Waals surface area contributed by atoms with E-state index >= 15 is 0 Å². The van der Waals surface area contributed by atoms with Crippen LogP contribution < -0.4 is 0 Å². The predicted molar refractivity (Wildman–Crippen MR) is 233 cm³/mol. The summed E-state index contributed by atoms with van der Waals surface area (Å²) < 4.78 is 81.9. The lowest BCUT2D eigenvalue weighted by atomic mass is 9.84. The average molecular weight is 707 g/mol. The van der Waals surface area contributed by atoms with E-state index in [9.17, 15) is 5.48 Å². The Morgan fingerprint density at radius 1 is 0.309 bits per heavy atom. The third-order valence-corrected chi connectivity index (χ3v) is 10.7. The molecule has 0 aliphatic heterocycles. The molecule has 0 bridgehead atoms. The van der Waals surface area contributed by atoms with Crippen molar-refractivity contribution < 1.29 is 15.4 Å². The molecule has 0 saturated carbocycles. The molecule has 11 rings (SSSR count). The van der Waals surface area contributed by atoms with E-state index < -0.39 is 24.2 Å². The van der Waals surface area contributed by atoms with Gasteiger partial charge in [0.05, 0.1) is 11.0 Å². The molecular weight excluding hydrogens is 665 g/mol. The maximum absolute atomic E-state index is 9.68. The fourth-order valence-electron chi connectivity index (χ4n) is 8.37. The number of rotatable bonds is 5. The van der Waals surface area contributed by atoms with Gasteiger partial charge in [-0.2, -0.15) is 0 Å². The lowest BCUT2D eigenvalue weighted by molar-refractivity contribution is 0.633. The van der Waals surface area contributed by atoms with Crippen molar-refractivity contribution >= 4 is 54.1 Å². The van der Waals surface area contributed by atoms with E-state index in [4.69, 9.17) is 9.90 Å². The fraction of sp³-hybridized carbons (Fsp3) is 0. The minimum absolute atomic E-state index is 0.128. The summed E-state index contributed by atoms with van der Waals surface area (Å²) >= 11 is 0. The topological polar surface area (TPSA) is 13.1 Å². The summed E-state index contributed by atoms with van der Waals surface area (Å²) in [6.45, 7) is 0. The van der Waals surface area contributed by atoms with Crippen molar-refractivity contribution in [2.24, 2.45) is 0 Å². The molecule has 55 heavy (non-hydrogen) atoms. The van der Waals surface area contributed by atoms with Crippen LogP contribution in [0, 0.1) is 0 Å². The molecule has 0 N–H and O–H groups in total. The molecule has 0 aliphatic rings. The Labute approximate surface area is 330 Å². The SMILES string of the molecule is [2H]c1c([2H])c([2H])c2c(-c3cccc4c(-c5ccccc5-c5ccccc5)c(-c5ccccc5)oc34)c3c([2H])c([2H])c([2H])c([2H])c3c(-c3cccc4c3ccc3ccccc34)c2c1[2H]. The van der Waals surface area contributed by atoms with Crippen LogP contribution in [0.15, 0.2) is 210 Å². The van der Waals surface area contributed by atoms with E-state index in [1.165, 1.54) is 0 Å². The number of furan rings is 1. The standard InChI is InChI=1S/C54H34O/c1-3-17-35(18-4-1)39-23-9-10-24-42(39)52-49-32-16-31-48(54(49)55-53(52)37-20-5-2-6-21-37)51-46-27-13-11-25-44(46)50(45-26-12-14-28-47(45)51)43-30-15-29-40-38-22-8-7-19-36(38)33-34-41(40)43/h1-34H/i11D,12D,13D,14D,25D,26D,27D,28D. The van der Waals surface area contributed by atoms with Gasteiger partial charge in [0.15, 0.2) is 0 Å². The van der Waals surface area contributed by atoms with Crippen molar-refractivity contribution in [3.05, 3.63) is 206 Å². The van der Waals surface area contributed by atoms with E-state index in [0.29, 0.717) is 28.0 Å². The van der Waals surface area contributed by atoms with Crippen LogP contribution in [0.4, 0.5) is 0 Å². The van der Waals surface area contributed by atoms with Gasteiger partial charge in [-0.25, -0.2) is 0 Å². The third kappa shape index (κ3) is 4.94. The lowest BCUT2D eigenvalue weighted by Crippen LogP contribution is -1.92. The van der Waals surface area contributed by atoms with Gasteiger partial charge in [0.25, 0.3) is 0 Å². The Morgan fingerprint density at radius 2 is 0.818 bits per heavy atom. The first-order valence-electron chi connectivity index (χ1n) is 22.3. The molecule has 0 radical (unpaired) electrons. The Kier molecular flexibility index (Phi) is 5.59. The maximum atomic E-state index is 9.68. The first-order valence-corrected chi connectivity index (χ1v) is 18.3. The Morgan fingerprint density at radius 3 is 1.51 bits per heavy atom. The van der Waals surface area contributed by atoms with Crippen molar-refractivity contribution in [3.63, 3.8) is 0 Å². The van der Waals surface area contributed by atoms with Crippen molar-refractivity contribution in [2.45, 2.75) is 0 Å². The Balaban J connectivity index is 1.35. The van der Waals surface area contributed by atoms with E-state index in [0.717, 1.165) is 54.7 Å². The Hall–Kier alpha value is -7.22. The number of hydrogen-bond donors (Lipinski definition) is 0. The van der Waals surface area contributed by atoms with E-state index in [2.05, 4.69) is 24.3 Å². The van der Waals surface area contributed by atoms with Gasteiger partial charge in [-0.15, -0.1) is 0 Å². The first kappa shape index (κ1) is 24.2. The largest absolute Gasteiger partial charge is 0.455 e. The highest BCUT2D eigenvalue weighted by molar-refractivity contribution is 6.26. The van der Waals surface area contributed by atoms with Crippen LogP contribution in [0.5, 0.6) is 0 Å². The van der Waals surface area contributed by atoms with E-state index in [-0.39, 0.29) is 51.3 Å². The summed E-state index contributed by atoms with van der Waals surface area (Å²) in [4.78, 5) is 0. The van der Waals surface area contributed by atoms with Gasteiger partial charge in [0.2, 0.25) is 0 Å². The zero-order valence-electron chi connectivity index (χ0n) is 37.4. The van der Waals surface area contributed by atoms with Crippen LogP contribution in [0.25, 0.3) is 110 Å². The average Bonchev–Trinajstić information content (AvgIpc) is 3.73. The second-order valence-corrected chi connectivity index (χ2v) is 13.7. The van der Waals surface area contributed by atoms with Crippen LogP contribution in [-0.4, -0.2) is 0 Å². The number of hydrogen-bond acceptors (Lipinski definition) is 1. The summed E-state index contributed by atoms with van der Waals surface area (Å²) in [5.41, 5.74) is 6.48. The highest BCUT2D eigenvalue weighted by Crippen LogP contribution is 2.50. The van der Waals surface area contributed by atoms with Gasteiger partial charge in [-0.05, 0) is 70.9 Å². The van der Waals surface area contributed by atoms with E-state index in [1.54, 1.807) is 0 Å². The van der Waals surface area contributed by atoms with Crippen LogP contribution in [0.2, 0.25) is 0 Å². The molecule has 256 valence electrons. The molecule has 0 amide bonds. The van der Waals surface area contributed by atoms with Crippen LogP contribution >= 0.6 is 0 Å². The zero-order chi connectivity index (χ0) is 43.3. The minimum atomic E-state index is -0.460. The summed E-state index contributed by atoms with van der Waals surface area (Å²) in [5.74, 6) is 0.582. The molecule has 1 heterocycles. The summed E-state index contributed by atoms with van der Waals surface area (Å²) in [6, 6.07) is 48.3. The molecule has 1 aromatic heterocycles. The van der Waals surface area contributed by atoms with Crippen LogP contribution in [0.3, 0.4) is 0 Å². The molecule has 0 unspecified atom stereocenters. The van der Waals surface area contributed by atoms with Crippen molar-refractivity contribution in [2.75, 3.05) is 0 Å². The third-order valence-electron chi connectivity index (χ3n) is 10.7. The molecule has 0 aliphatic carbocycles. The molecule has 0 atom stereocenters. The predicted octanol–water partition coefficient (Wildman–Crippen LogP) is 15.4. The summed E-state index contributed by atoms with van der Waals surface area (Å²) in [5, 5.41) is 4.94. The lowest BCUT2D eigenvalue weighted by Gasteiger charge is -2.19. The van der Waals surface area contributed by atoms with Gasteiger partial charge in [-0.3, -0.25) is 0 Å². The fourth-order valence-corrected chi connectivity index (χ4v) is 8.37. The van der Waals surface area contributed by atoms with Gasteiger partial charge in [0.1, 0.15) is 11.3 Å². The van der Waals surface area contributed by atoms with Crippen molar-refractivity contribution in [3.8, 4) is 55.8 Å². The summed E-state index contributed by atoms with van der Waals surface area (Å²) in [7, 11) is 0. The number of para-hydroxylation sites is 1. The molecule has 1 nitrogen and oxygen atoms in total. The molecule has 0 spiro atoms. The second kappa shape index (κ2) is 12.7. The molecule has 10 aromatic carbocycles. The molecule has 0 fully saturated rings. The van der Waals surface area contributed by atoms with Crippen LogP contribution in [-0.2, 0) is 0 Å².